The van der Waals surface area contributed by atoms with E-state index in [1.54, 1.807) is 5.38 Å². The van der Waals surface area contributed by atoms with Crippen molar-refractivity contribution < 1.29 is 19.4 Å². The van der Waals surface area contributed by atoms with E-state index >= 15 is 0 Å². The molecule has 2 aromatic rings. The standard InChI is InChI=1S/C12H10N2O4S/c1-18-9-3-2-7(12(16)17)6-8(9)14-10(15)11-13-4-5-19-11/h2-6H,1H3,(H,14,15)(H,16,17). The van der Waals surface area contributed by atoms with E-state index in [2.05, 4.69) is 10.3 Å². The number of aromatic nitrogens is 1. The van der Waals surface area contributed by atoms with E-state index in [4.69, 9.17) is 9.84 Å². The highest BCUT2D eigenvalue weighted by molar-refractivity contribution is 7.11. The summed E-state index contributed by atoms with van der Waals surface area (Å²) >= 11 is 1.19. The number of aromatic carboxylic acids is 1. The molecule has 0 saturated heterocycles. The smallest absolute Gasteiger partial charge is 0.335 e. The summed E-state index contributed by atoms with van der Waals surface area (Å²) in [7, 11) is 1.44. The monoisotopic (exact) mass is 278 g/mol. The predicted molar refractivity (Wildman–Crippen MR) is 70.0 cm³/mol. The number of hydrogen-bond donors (Lipinski definition) is 2. The third kappa shape index (κ3) is 2.89. The number of hydrogen-bond acceptors (Lipinski definition) is 5. The maximum atomic E-state index is 11.9. The van der Waals surface area contributed by atoms with Crippen LogP contribution in [0.5, 0.6) is 5.75 Å². The fraction of sp³-hybridized carbons (Fsp3) is 0.0833. The Bertz CT molecular complexity index is 610. The first-order chi connectivity index (χ1) is 9.11. The largest absolute Gasteiger partial charge is 0.495 e. The van der Waals surface area contributed by atoms with Gasteiger partial charge in [-0.3, -0.25) is 4.79 Å². The van der Waals surface area contributed by atoms with Crippen molar-refractivity contribution in [2.75, 3.05) is 12.4 Å². The average Bonchev–Trinajstić information content (AvgIpc) is 2.92. The van der Waals surface area contributed by atoms with Gasteiger partial charge in [0.1, 0.15) is 5.75 Å². The Balaban J connectivity index is 2.30. The van der Waals surface area contributed by atoms with Gasteiger partial charge in [-0.05, 0) is 18.2 Å². The highest BCUT2D eigenvalue weighted by Gasteiger charge is 2.14. The zero-order chi connectivity index (χ0) is 13.8. The van der Waals surface area contributed by atoms with Crippen LogP contribution in [-0.4, -0.2) is 29.1 Å². The van der Waals surface area contributed by atoms with Gasteiger partial charge in [0.15, 0.2) is 5.01 Å². The van der Waals surface area contributed by atoms with Crippen molar-refractivity contribution in [3.05, 3.63) is 40.3 Å². The molecule has 0 unspecified atom stereocenters. The highest BCUT2D eigenvalue weighted by atomic mass is 32.1. The number of carbonyl (C=O) groups is 2. The first-order valence-electron chi connectivity index (χ1n) is 5.24. The van der Waals surface area contributed by atoms with Crippen LogP contribution in [0.4, 0.5) is 5.69 Å². The van der Waals surface area contributed by atoms with Gasteiger partial charge in [-0.15, -0.1) is 11.3 Å². The Morgan fingerprint density at radius 2 is 2.21 bits per heavy atom. The van der Waals surface area contributed by atoms with Gasteiger partial charge in [0.2, 0.25) is 0 Å². The summed E-state index contributed by atoms with van der Waals surface area (Å²) < 4.78 is 5.07. The van der Waals surface area contributed by atoms with Gasteiger partial charge < -0.3 is 15.2 Å². The lowest BCUT2D eigenvalue weighted by atomic mass is 10.2. The van der Waals surface area contributed by atoms with Gasteiger partial charge in [-0.1, -0.05) is 0 Å². The second kappa shape index (κ2) is 5.49. The maximum absolute atomic E-state index is 11.9. The minimum Gasteiger partial charge on any atom is -0.495 e. The van der Waals surface area contributed by atoms with Crippen molar-refractivity contribution in [3.63, 3.8) is 0 Å². The molecule has 19 heavy (non-hydrogen) atoms. The van der Waals surface area contributed by atoms with Crippen LogP contribution >= 0.6 is 11.3 Å². The van der Waals surface area contributed by atoms with Gasteiger partial charge in [-0.2, -0.15) is 0 Å². The fourth-order valence-corrected chi connectivity index (χ4v) is 1.98. The summed E-state index contributed by atoms with van der Waals surface area (Å²) in [6.07, 6.45) is 1.52. The second-order valence-corrected chi connectivity index (χ2v) is 4.41. The minimum atomic E-state index is -1.08. The average molecular weight is 278 g/mol. The lowest BCUT2D eigenvalue weighted by molar-refractivity contribution is 0.0696. The van der Waals surface area contributed by atoms with Crippen molar-refractivity contribution in [1.82, 2.24) is 4.98 Å². The summed E-state index contributed by atoms with van der Waals surface area (Å²) in [5.74, 6) is -1.10. The van der Waals surface area contributed by atoms with E-state index < -0.39 is 11.9 Å². The number of ether oxygens (including phenoxy) is 1. The zero-order valence-corrected chi connectivity index (χ0v) is 10.7. The summed E-state index contributed by atoms with van der Waals surface area (Å²) in [6, 6.07) is 4.23. The van der Waals surface area contributed by atoms with Crippen LogP contribution in [0, 0.1) is 0 Å². The van der Waals surface area contributed by atoms with Crippen molar-refractivity contribution in [3.8, 4) is 5.75 Å². The SMILES string of the molecule is COc1ccc(C(=O)O)cc1NC(=O)c1nccs1. The van der Waals surface area contributed by atoms with Gasteiger partial charge in [0.25, 0.3) is 5.91 Å². The molecule has 0 radical (unpaired) electrons. The number of nitrogens with one attached hydrogen (secondary N) is 1. The third-order valence-electron chi connectivity index (χ3n) is 2.32. The number of amides is 1. The Labute approximate surface area is 112 Å². The first-order valence-corrected chi connectivity index (χ1v) is 6.12. The molecule has 2 N–H and O–H groups in total. The van der Waals surface area contributed by atoms with Crippen LogP contribution in [0.15, 0.2) is 29.8 Å². The van der Waals surface area contributed by atoms with E-state index in [1.807, 2.05) is 0 Å². The molecule has 7 heteroatoms. The summed E-state index contributed by atoms with van der Waals surface area (Å²) in [6.45, 7) is 0. The molecule has 0 aliphatic carbocycles. The van der Waals surface area contributed by atoms with E-state index in [-0.39, 0.29) is 5.56 Å². The molecule has 0 atom stereocenters. The summed E-state index contributed by atoms with van der Waals surface area (Å²) in [5, 5.41) is 13.5. The molecule has 0 bridgehead atoms. The molecule has 1 heterocycles. The van der Waals surface area contributed by atoms with E-state index in [0.717, 1.165) is 0 Å². The molecular weight excluding hydrogens is 268 g/mol. The number of benzene rings is 1. The number of thiazole rings is 1. The minimum absolute atomic E-state index is 0.0650. The second-order valence-electron chi connectivity index (χ2n) is 3.51. The van der Waals surface area contributed by atoms with Crippen molar-refractivity contribution in [2.45, 2.75) is 0 Å². The first kappa shape index (κ1) is 13.0. The number of anilines is 1. The van der Waals surface area contributed by atoms with Crippen LogP contribution in [0.25, 0.3) is 0 Å². The van der Waals surface area contributed by atoms with E-state index in [9.17, 15) is 9.59 Å². The molecule has 0 aliphatic rings. The Morgan fingerprint density at radius 1 is 1.42 bits per heavy atom. The molecule has 1 aromatic heterocycles. The lowest BCUT2D eigenvalue weighted by Gasteiger charge is -2.09. The van der Waals surface area contributed by atoms with E-state index in [1.165, 1.54) is 42.8 Å². The zero-order valence-electron chi connectivity index (χ0n) is 9.91. The summed E-state index contributed by atoms with van der Waals surface area (Å²) in [4.78, 5) is 26.6. The molecular formula is C12H10N2O4S. The fourth-order valence-electron chi connectivity index (χ4n) is 1.45. The Hall–Kier alpha value is -2.41. The van der Waals surface area contributed by atoms with Gasteiger partial charge >= 0.3 is 5.97 Å². The molecule has 6 nitrogen and oxygen atoms in total. The molecule has 0 spiro atoms. The number of methoxy groups -OCH3 is 1. The Morgan fingerprint density at radius 3 is 2.79 bits per heavy atom. The molecule has 98 valence electrons. The lowest BCUT2D eigenvalue weighted by Crippen LogP contribution is -2.13. The number of nitrogens with zero attached hydrogens (tertiary/aromatic N) is 1. The van der Waals surface area contributed by atoms with Crippen LogP contribution in [-0.2, 0) is 0 Å². The quantitative estimate of drug-likeness (QED) is 0.894. The molecule has 0 saturated carbocycles. The number of carboxylic acid groups (broad SMARTS) is 1. The topological polar surface area (TPSA) is 88.5 Å². The van der Waals surface area contributed by atoms with Crippen molar-refractivity contribution in [1.29, 1.82) is 0 Å². The highest BCUT2D eigenvalue weighted by Crippen LogP contribution is 2.26. The van der Waals surface area contributed by atoms with Gasteiger partial charge in [0.05, 0.1) is 18.4 Å². The van der Waals surface area contributed by atoms with E-state index in [0.29, 0.717) is 16.4 Å². The molecule has 0 aliphatic heterocycles. The normalized spacial score (nSPS) is 9.95. The van der Waals surface area contributed by atoms with Crippen molar-refractivity contribution >= 4 is 28.9 Å². The maximum Gasteiger partial charge on any atom is 0.335 e. The van der Waals surface area contributed by atoms with Crippen LogP contribution in [0.2, 0.25) is 0 Å². The number of rotatable bonds is 4. The molecule has 2 rings (SSSR count). The van der Waals surface area contributed by atoms with Gasteiger partial charge in [-0.25, -0.2) is 9.78 Å². The number of carboxylic acids is 1. The van der Waals surface area contributed by atoms with Crippen LogP contribution in [0.3, 0.4) is 0 Å². The Kier molecular flexibility index (Phi) is 3.76. The van der Waals surface area contributed by atoms with Crippen molar-refractivity contribution in [2.24, 2.45) is 0 Å². The molecule has 1 aromatic carbocycles. The third-order valence-corrected chi connectivity index (χ3v) is 3.09. The predicted octanol–water partition coefficient (Wildman–Crippen LogP) is 2.10. The molecule has 1 amide bonds. The van der Waals surface area contributed by atoms with Crippen LogP contribution in [0.1, 0.15) is 20.2 Å². The number of carbonyl (C=O) groups excluding carboxylic acids is 1. The van der Waals surface area contributed by atoms with Gasteiger partial charge in [0, 0.05) is 11.6 Å². The summed E-state index contributed by atoms with van der Waals surface area (Å²) in [5.41, 5.74) is 0.359. The van der Waals surface area contributed by atoms with Crippen LogP contribution < -0.4 is 10.1 Å². The molecule has 0 fully saturated rings.